The third kappa shape index (κ3) is 2.40. The number of piperidine rings is 1. The van der Waals surface area contributed by atoms with Gasteiger partial charge in [0.1, 0.15) is 0 Å². The molecule has 1 aliphatic carbocycles. The number of likely N-dealkylation sites (tertiary alicyclic amines) is 1. The van der Waals surface area contributed by atoms with Crippen molar-refractivity contribution < 1.29 is 9.90 Å². The maximum atomic E-state index is 12.5. The molecule has 1 aliphatic heterocycles. The summed E-state index contributed by atoms with van der Waals surface area (Å²) in [5, 5.41) is 10.6. The lowest BCUT2D eigenvalue weighted by Gasteiger charge is -2.47. The zero-order valence-corrected chi connectivity index (χ0v) is 11.7. The van der Waals surface area contributed by atoms with Crippen molar-refractivity contribution in [1.82, 2.24) is 4.90 Å². The van der Waals surface area contributed by atoms with Crippen LogP contribution in [-0.2, 0) is 0 Å². The van der Waals surface area contributed by atoms with Gasteiger partial charge in [-0.3, -0.25) is 4.79 Å². The first kappa shape index (κ1) is 13.4. The van der Waals surface area contributed by atoms with Crippen LogP contribution in [0.5, 0.6) is 0 Å². The van der Waals surface area contributed by atoms with Crippen molar-refractivity contribution in [2.24, 2.45) is 5.92 Å². The van der Waals surface area contributed by atoms with Crippen LogP contribution in [0.2, 0.25) is 0 Å². The minimum absolute atomic E-state index is 0.0323. The standard InChI is InChI=1S/C16H22N2O2/c17-14-6-3-4-12(10-14)15(19)18-9-8-16(20)7-2-1-5-13(16)11-18/h3-4,6,10,13,20H,1-2,5,7-9,11,17H2. The molecule has 108 valence electrons. The average molecular weight is 274 g/mol. The molecule has 3 N–H and O–H groups in total. The maximum Gasteiger partial charge on any atom is 0.253 e. The third-order valence-corrected chi connectivity index (χ3v) is 4.85. The number of hydrogen-bond donors (Lipinski definition) is 2. The lowest BCUT2D eigenvalue weighted by molar-refractivity contribution is -0.0886. The molecule has 0 bridgehead atoms. The number of hydrogen-bond acceptors (Lipinski definition) is 3. The lowest BCUT2D eigenvalue weighted by Crippen LogP contribution is -2.54. The van der Waals surface area contributed by atoms with Gasteiger partial charge in [0, 0.05) is 30.3 Å². The fraction of sp³-hybridized carbons (Fsp3) is 0.562. The van der Waals surface area contributed by atoms with Gasteiger partial charge in [0.05, 0.1) is 5.60 Å². The van der Waals surface area contributed by atoms with Crippen molar-refractivity contribution in [2.75, 3.05) is 18.8 Å². The number of fused-ring (bicyclic) bond motifs is 1. The van der Waals surface area contributed by atoms with Crippen LogP contribution in [0, 0.1) is 5.92 Å². The molecule has 2 unspecified atom stereocenters. The Morgan fingerprint density at radius 3 is 3.00 bits per heavy atom. The molecule has 1 heterocycles. The summed E-state index contributed by atoms with van der Waals surface area (Å²) in [5.74, 6) is 0.264. The van der Waals surface area contributed by atoms with Gasteiger partial charge >= 0.3 is 0 Å². The van der Waals surface area contributed by atoms with Gasteiger partial charge in [0.2, 0.25) is 0 Å². The highest BCUT2D eigenvalue weighted by molar-refractivity contribution is 5.95. The van der Waals surface area contributed by atoms with E-state index in [1.54, 1.807) is 18.2 Å². The summed E-state index contributed by atoms with van der Waals surface area (Å²) in [5.41, 5.74) is 6.46. The number of nitrogens with two attached hydrogens (primary N) is 1. The largest absolute Gasteiger partial charge is 0.399 e. The summed E-state index contributed by atoms with van der Waals surface area (Å²) >= 11 is 0. The van der Waals surface area contributed by atoms with E-state index in [1.165, 1.54) is 0 Å². The minimum Gasteiger partial charge on any atom is -0.399 e. The highest BCUT2D eigenvalue weighted by Crippen LogP contribution is 2.40. The molecule has 2 atom stereocenters. The second-order valence-corrected chi connectivity index (χ2v) is 6.17. The Balaban J connectivity index is 1.74. The van der Waals surface area contributed by atoms with Gasteiger partial charge in [0.15, 0.2) is 0 Å². The molecular weight excluding hydrogens is 252 g/mol. The van der Waals surface area contributed by atoms with Gasteiger partial charge in [-0.05, 0) is 37.5 Å². The molecule has 0 spiro atoms. The number of carbonyl (C=O) groups excluding carboxylic acids is 1. The summed E-state index contributed by atoms with van der Waals surface area (Å²) < 4.78 is 0. The Bertz CT molecular complexity index is 517. The van der Waals surface area contributed by atoms with Crippen LogP contribution in [0.4, 0.5) is 5.69 Å². The fourth-order valence-electron chi connectivity index (χ4n) is 3.61. The molecule has 1 saturated carbocycles. The van der Waals surface area contributed by atoms with E-state index in [0.29, 0.717) is 30.8 Å². The molecule has 3 rings (SSSR count). The average Bonchev–Trinajstić information content (AvgIpc) is 2.45. The second-order valence-electron chi connectivity index (χ2n) is 6.17. The highest BCUT2D eigenvalue weighted by atomic mass is 16.3. The van der Waals surface area contributed by atoms with Crippen molar-refractivity contribution in [3.63, 3.8) is 0 Å². The summed E-state index contributed by atoms with van der Waals surface area (Å²) in [6.45, 7) is 1.31. The Morgan fingerprint density at radius 2 is 2.20 bits per heavy atom. The predicted octanol–water partition coefficient (Wildman–Crippen LogP) is 2.04. The molecule has 0 radical (unpaired) electrons. The quantitative estimate of drug-likeness (QED) is 0.770. The summed E-state index contributed by atoms with van der Waals surface area (Å²) in [6.07, 6.45) is 4.88. The maximum absolute atomic E-state index is 12.5. The number of nitrogen functional groups attached to an aromatic ring is 1. The van der Waals surface area contributed by atoms with Crippen LogP contribution in [0.3, 0.4) is 0 Å². The molecule has 4 nitrogen and oxygen atoms in total. The van der Waals surface area contributed by atoms with Gasteiger partial charge in [0.25, 0.3) is 5.91 Å². The molecule has 1 amide bonds. The van der Waals surface area contributed by atoms with Crippen LogP contribution in [-0.4, -0.2) is 34.6 Å². The molecule has 2 aliphatic rings. The highest BCUT2D eigenvalue weighted by Gasteiger charge is 2.43. The van der Waals surface area contributed by atoms with Gasteiger partial charge in [-0.25, -0.2) is 0 Å². The van der Waals surface area contributed by atoms with Crippen molar-refractivity contribution in [2.45, 2.75) is 37.7 Å². The van der Waals surface area contributed by atoms with Crippen molar-refractivity contribution in [1.29, 1.82) is 0 Å². The molecule has 1 saturated heterocycles. The van der Waals surface area contributed by atoms with Crippen LogP contribution >= 0.6 is 0 Å². The predicted molar refractivity (Wildman–Crippen MR) is 78.3 cm³/mol. The van der Waals surface area contributed by atoms with Crippen LogP contribution in [0.1, 0.15) is 42.5 Å². The minimum atomic E-state index is -0.537. The van der Waals surface area contributed by atoms with Gasteiger partial charge < -0.3 is 15.7 Å². The number of anilines is 1. The zero-order chi connectivity index (χ0) is 14.2. The Hall–Kier alpha value is -1.55. The SMILES string of the molecule is Nc1cccc(C(=O)N2CCC3(O)CCCCC3C2)c1. The zero-order valence-electron chi connectivity index (χ0n) is 11.7. The number of benzene rings is 1. The summed E-state index contributed by atoms with van der Waals surface area (Å²) in [4.78, 5) is 14.4. The van der Waals surface area contributed by atoms with E-state index in [9.17, 15) is 9.90 Å². The molecule has 4 heteroatoms. The summed E-state index contributed by atoms with van der Waals surface area (Å²) in [7, 11) is 0. The fourth-order valence-corrected chi connectivity index (χ4v) is 3.61. The van der Waals surface area contributed by atoms with Gasteiger partial charge in [-0.2, -0.15) is 0 Å². The number of aliphatic hydroxyl groups is 1. The third-order valence-electron chi connectivity index (χ3n) is 4.85. The monoisotopic (exact) mass is 274 g/mol. The summed E-state index contributed by atoms with van der Waals surface area (Å²) in [6, 6.07) is 7.13. The number of rotatable bonds is 1. The first-order valence-electron chi connectivity index (χ1n) is 7.46. The van der Waals surface area contributed by atoms with Crippen LogP contribution < -0.4 is 5.73 Å². The van der Waals surface area contributed by atoms with Crippen LogP contribution in [0.15, 0.2) is 24.3 Å². The van der Waals surface area contributed by atoms with E-state index < -0.39 is 5.60 Å². The van der Waals surface area contributed by atoms with Crippen LogP contribution in [0.25, 0.3) is 0 Å². The van der Waals surface area contributed by atoms with E-state index in [-0.39, 0.29) is 11.8 Å². The molecule has 2 fully saturated rings. The van der Waals surface area contributed by atoms with Crippen molar-refractivity contribution >= 4 is 11.6 Å². The Morgan fingerprint density at radius 1 is 1.35 bits per heavy atom. The molecule has 1 aromatic carbocycles. The second kappa shape index (κ2) is 5.09. The van der Waals surface area contributed by atoms with Crippen molar-refractivity contribution in [3.05, 3.63) is 29.8 Å². The smallest absolute Gasteiger partial charge is 0.253 e. The van der Waals surface area contributed by atoms with E-state index in [1.807, 2.05) is 11.0 Å². The van der Waals surface area contributed by atoms with E-state index >= 15 is 0 Å². The lowest BCUT2D eigenvalue weighted by atomic mass is 9.71. The topological polar surface area (TPSA) is 66.6 Å². The Labute approximate surface area is 119 Å². The number of carbonyl (C=O) groups is 1. The molecular formula is C16H22N2O2. The van der Waals surface area contributed by atoms with Gasteiger partial charge in [-0.15, -0.1) is 0 Å². The van der Waals surface area contributed by atoms with Gasteiger partial charge in [-0.1, -0.05) is 18.9 Å². The number of amides is 1. The van der Waals surface area contributed by atoms with Crippen molar-refractivity contribution in [3.8, 4) is 0 Å². The Kier molecular flexibility index (Phi) is 3.42. The first-order valence-corrected chi connectivity index (χ1v) is 7.46. The normalized spacial score (nSPS) is 29.9. The molecule has 20 heavy (non-hydrogen) atoms. The van der Waals surface area contributed by atoms with E-state index in [0.717, 1.165) is 25.7 Å². The molecule has 0 aromatic heterocycles. The molecule has 1 aromatic rings. The van der Waals surface area contributed by atoms with E-state index in [2.05, 4.69) is 0 Å². The number of nitrogens with zero attached hydrogens (tertiary/aromatic N) is 1. The first-order chi connectivity index (χ1) is 9.58. The van der Waals surface area contributed by atoms with E-state index in [4.69, 9.17) is 5.73 Å².